The highest BCUT2D eigenvalue weighted by Crippen LogP contribution is 3.15. The SMILES string of the molecule is c1ccc(C2C34[C@@H]5C6C7[C@H]8C9C%10[C@H]7[C@H]5[C@@H]5[C@@H]%10C7C([C@H]53)[C@H]3[C@@H]([C@H]97)[C@@H]8[C@H]6C234)cc1. The number of benzene rings is 1. The van der Waals surface area contributed by atoms with Gasteiger partial charge >= 0.3 is 0 Å². The Kier molecular flexibility index (Phi) is 1.08. The van der Waals surface area contributed by atoms with E-state index in [0.717, 1.165) is 16.7 Å². The normalized spacial score (nSPS) is 92.4. The third-order valence-corrected chi connectivity index (χ3v) is 15.8. The van der Waals surface area contributed by atoms with Crippen LogP contribution < -0.4 is 0 Å². The lowest BCUT2D eigenvalue weighted by molar-refractivity contribution is 0.131. The van der Waals surface area contributed by atoms with Crippen molar-refractivity contribution in [2.45, 2.75) is 5.92 Å². The van der Waals surface area contributed by atoms with Crippen LogP contribution in [0.25, 0.3) is 0 Å². The highest BCUT2D eigenvalue weighted by molar-refractivity contribution is 5.61. The van der Waals surface area contributed by atoms with Gasteiger partial charge in [0.2, 0.25) is 0 Å². The summed E-state index contributed by atoms with van der Waals surface area (Å²) in [5.74, 6) is 23.8. The van der Waals surface area contributed by atoms with Crippen molar-refractivity contribution < 1.29 is 0 Å². The molecule has 13 aliphatic carbocycles. The van der Waals surface area contributed by atoms with Crippen molar-refractivity contribution in [2.24, 2.45) is 117 Å². The molecular formula is C27H24. The van der Waals surface area contributed by atoms with E-state index >= 15 is 0 Å². The first-order valence-corrected chi connectivity index (χ1v) is 12.5. The predicted molar refractivity (Wildman–Crippen MR) is 96.9 cm³/mol. The van der Waals surface area contributed by atoms with Crippen LogP contribution in [-0.2, 0) is 0 Å². The van der Waals surface area contributed by atoms with Gasteiger partial charge in [0.25, 0.3) is 0 Å². The van der Waals surface area contributed by atoms with Crippen molar-refractivity contribution in [3.05, 3.63) is 35.9 Å². The minimum Gasteiger partial charge on any atom is -0.0622 e. The van der Waals surface area contributed by atoms with E-state index in [4.69, 9.17) is 0 Å². The molecule has 0 heteroatoms. The van der Waals surface area contributed by atoms with Gasteiger partial charge in [-0.1, -0.05) is 30.3 Å². The van der Waals surface area contributed by atoms with Gasteiger partial charge in [0.1, 0.15) is 0 Å². The Morgan fingerprint density at radius 2 is 0.778 bits per heavy atom. The van der Waals surface area contributed by atoms with Crippen molar-refractivity contribution in [2.75, 3.05) is 0 Å². The molecule has 14 rings (SSSR count). The average molecular weight is 348 g/mol. The highest BCUT2D eigenvalue weighted by atomic mass is 15.1. The van der Waals surface area contributed by atoms with Crippen LogP contribution >= 0.6 is 0 Å². The Labute approximate surface area is 159 Å². The molecule has 2 spiro atoms. The molecule has 21 atom stereocenters. The molecule has 13 aliphatic rings. The molecule has 1 aromatic rings. The van der Waals surface area contributed by atoms with Crippen molar-refractivity contribution in [1.29, 1.82) is 0 Å². The Hall–Kier alpha value is -0.780. The Morgan fingerprint density at radius 1 is 0.407 bits per heavy atom. The van der Waals surface area contributed by atoms with E-state index in [0.29, 0.717) is 0 Å². The number of hydrogen-bond donors (Lipinski definition) is 0. The lowest BCUT2D eigenvalue weighted by Gasteiger charge is -2.36. The van der Waals surface area contributed by atoms with E-state index in [1.165, 1.54) is 107 Å². The first kappa shape index (κ1) is 11.4. The highest BCUT2D eigenvalue weighted by Gasteiger charge is 3.11. The second kappa shape index (κ2) is 2.55. The summed E-state index contributed by atoms with van der Waals surface area (Å²) in [4.78, 5) is 0. The zero-order valence-corrected chi connectivity index (χ0v) is 15.4. The van der Waals surface area contributed by atoms with E-state index in [9.17, 15) is 0 Å². The van der Waals surface area contributed by atoms with Crippen LogP contribution in [0.15, 0.2) is 30.3 Å². The molecule has 0 saturated heterocycles. The van der Waals surface area contributed by atoms with E-state index in [-0.39, 0.29) is 0 Å². The summed E-state index contributed by atoms with van der Waals surface area (Å²) in [5.41, 5.74) is 3.55. The molecule has 0 radical (unpaired) electrons. The molecule has 0 heterocycles. The van der Waals surface area contributed by atoms with Crippen LogP contribution in [0.3, 0.4) is 0 Å². The van der Waals surface area contributed by atoms with Crippen LogP contribution in [0.4, 0.5) is 0 Å². The van der Waals surface area contributed by atoms with Gasteiger partial charge < -0.3 is 0 Å². The molecule has 132 valence electrons. The van der Waals surface area contributed by atoms with Crippen LogP contribution in [0.5, 0.6) is 0 Å². The molecule has 0 bridgehead atoms. The zero-order valence-electron chi connectivity index (χ0n) is 15.4. The summed E-state index contributed by atoms with van der Waals surface area (Å²) in [5, 5.41) is 0. The molecule has 0 nitrogen and oxygen atoms in total. The van der Waals surface area contributed by atoms with Gasteiger partial charge in [-0.25, -0.2) is 0 Å². The maximum absolute atomic E-state index is 2.57. The smallest absolute Gasteiger partial charge is 0.00258 e. The van der Waals surface area contributed by atoms with Gasteiger partial charge in [0.15, 0.2) is 0 Å². The van der Waals surface area contributed by atoms with E-state index in [1.807, 2.05) is 5.56 Å². The van der Waals surface area contributed by atoms with E-state index in [2.05, 4.69) is 30.3 Å². The summed E-state index contributed by atoms with van der Waals surface area (Å²) >= 11 is 0. The summed E-state index contributed by atoms with van der Waals surface area (Å²) in [6, 6.07) is 12.2. The lowest BCUT2D eigenvalue weighted by atomic mass is 9.68. The third-order valence-electron chi connectivity index (χ3n) is 15.8. The summed E-state index contributed by atoms with van der Waals surface area (Å²) in [6.45, 7) is 0. The number of hydrogen-bond acceptors (Lipinski definition) is 0. The first-order valence-electron chi connectivity index (χ1n) is 12.5. The maximum atomic E-state index is 2.57. The van der Waals surface area contributed by atoms with Crippen LogP contribution in [0, 0.1) is 117 Å². The van der Waals surface area contributed by atoms with Gasteiger partial charge in [-0.15, -0.1) is 0 Å². The Morgan fingerprint density at radius 3 is 1.22 bits per heavy atom. The molecule has 9 unspecified atom stereocenters. The molecule has 0 aliphatic heterocycles. The largest absolute Gasteiger partial charge is 0.0622 e. The van der Waals surface area contributed by atoms with Crippen LogP contribution in [0.1, 0.15) is 11.5 Å². The quantitative estimate of drug-likeness (QED) is 0.720. The second-order valence-electron chi connectivity index (χ2n) is 13.9. The first-order chi connectivity index (χ1) is 13.5. The summed E-state index contributed by atoms with van der Waals surface area (Å²) < 4.78 is 0. The summed E-state index contributed by atoms with van der Waals surface area (Å²) in [6.07, 6.45) is 0. The zero-order chi connectivity index (χ0) is 16.1. The fraction of sp³-hybridized carbons (Fsp3) is 0.778. The predicted octanol–water partition coefficient (Wildman–Crippen LogP) is 4.00. The third kappa shape index (κ3) is 0.572. The minimum absolute atomic E-state index is 0.868. The van der Waals surface area contributed by atoms with Crippen molar-refractivity contribution in [3.8, 4) is 0 Å². The standard InChI is InChI=1S/C27H24/c1-2-4-6(5-3-1)25-26-21-15-9-7-8-11-13(9)19(21)23-17(11)18-12(8)14-10(7)16(15)22(26)20(14)24(18)27(23,25)26/h1-5,7-25H/t7?,8?,9-,10-,11-,12+,13?,14?,15-,16+,17+,18+,19?,20?,21-,22-,23+,24+,25?,26?,27?/m1/s1. The second-order valence-corrected chi connectivity index (χ2v) is 13.9. The topological polar surface area (TPSA) is 0 Å². The summed E-state index contributed by atoms with van der Waals surface area (Å²) in [7, 11) is 0. The average Bonchev–Trinajstić information content (AvgIpc) is 3.35. The Bertz CT molecular complexity index is 956. The van der Waals surface area contributed by atoms with Gasteiger partial charge in [0.05, 0.1) is 0 Å². The van der Waals surface area contributed by atoms with Crippen LogP contribution in [0.2, 0.25) is 0 Å². The van der Waals surface area contributed by atoms with Crippen LogP contribution in [-0.4, -0.2) is 0 Å². The fourth-order valence-corrected chi connectivity index (χ4v) is 18.2. The van der Waals surface area contributed by atoms with Crippen molar-refractivity contribution in [3.63, 3.8) is 0 Å². The fourth-order valence-electron chi connectivity index (χ4n) is 18.2. The molecule has 13 saturated carbocycles. The molecule has 27 heavy (non-hydrogen) atoms. The van der Waals surface area contributed by atoms with E-state index < -0.39 is 0 Å². The molecule has 0 aromatic heterocycles. The van der Waals surface area contributed by atoms with Gasteiger partial charge in [-0.05, 0) is 129 Å². The molecule has 1 aromatic carbocycles. The molecule has 0 N–H and O–H groups in total. The van der Waals surface area contributed by atoms with Gasteiger partial charge in [0, 0.05) is 0 Å². The monoisotopic (exact) mass is 348 g/mol. The van der Waals surface area contributed by atoms with Gasteiger partial charge in [-0.3, -0.25) is 0 Å². The maximum Gasteiger partial charge on any atom is -0.00258 e. The lowest BCUT2D eigenvalue weighted by Crippen LogP contribution is -2.32. The molecular weight excluding hydrogens is 324 g/mol. The van der Waals surface area contributed by atoms with Crippen molar-refractivity contribution in [1.82, 2.24) is 0 Å². The van der Waals surface area contributed by atoms with Crippen molar-refractivity contribution >= 4 is 0 Å². The molecule has 0 amide bonds. The number of rotatable bonds is 1. The Balaban J connectivity index is 1.27. The van der Waals surface area contributed by atoms with E-state index in [1.54, 1.807) is 0 Å². The molecule has 13 fully saturated rings. The minimum atomic E-state index is 0.868. The van der Waals surface area contributed by atoms with Gasteiger partial charge in [-0.2, -0.15) is 0 Å².